The van der Waals surface area contributed by atoms with Gasteiger partial charge in [-0.25, -0.2) is 5.01 Å². The molecule has 1 saturated carbocycles. The number of ether oxygens (including phenoxy) is 2. The first-order valence-electron chi connectivity index (χ1n) is 12.9. The van der Waals surface area contributed by atoms with Crippen LogP contribution in [0.1, 0.15) is 60.6 Å². The van der Waals surface area contributed by atoms with Gasteiger partial charge in [0.1, 0.15) is 11.5 Å². The van der Waals surface area contributed by atoms with Gasteiger partial charge in [0.05, 0.1) is 25.0 Å². The van der Waals surface area contributed by atoms with Gasteiger partial charge in [0.15, 0.2) is 0 Å². The molecule has 2 aliphatic rings. The first-order valence-corrected chi connectivity index (χ1v) is 13.3. The normalized spacial score (nSPS) is 19.9. The summed E-state index contributed by atoms with van der Waals surface area (Å²) in [6.45, 7) is 5.20. The number of halogens is 1. The number of amides is 1. The fourth-order valence-electron chi connectivity index (χ4n) is 5.18. The van der Waals surface area contributed by atoms with Gasteiger partial charge in [-0.15, -0.1) is 0 Å². The number of benzene rings is 3. The molecule has 1 heterocycles. The van der Waals surface area contributed by atoms with Crippen LogP contribution < -0.4 is 9.47 Å². The maximum atomic E-state index is 13.7. The molecule has 0 spiro atoms. The summed E-state index contributed by atoms with van der Waals surface area (Å²) in [5.74, 6) is 1.68. The Labute approximate surface area is 223 Å². The lowest BCUT2D eigenvalue weighted by Crippen LogP contribution is -2.31. The van der Waals surface area contributed by atoms with Crippen molar-refractivity contribution in [3.8, 4) is 11.5 Å². The van der Waals surface area contributed by atoms with Crippen LogP contribution in [0.15, 0.2) is 83.5 Å². The molecule has 6 heteroatoms. The number of rotatable bonds is 7. The van der Waals surface area contributed by atoms with Crippen LogP contribution in [0, 0.1) is 5.92 Å². The minimum Gasteiger partial charge on any atom is -0.494 e. The molecule has 3 aromatic rings. The second-order valence-electron chi connectivity index (χ2n) is 9.26. The van der Waals surface area contributed by atoms with Gasteiger partial charge >= 0.3 is 0 Å². The van der Waals surface area contributed by atoms with Crippen LogP contribution in [0.3, 0.4) is 0 Å². The zero-order valence-corrected chi connectivity index (χ0v) is 21.9. The van der Waals surface area contributed by atoms with Crippen LogP contribution in [-0.2, 0) is 0 Å². The van der Waals surface area contributed by atoms with Crippen LogP contribution in [-0.4, -0.2) is 29.8 Å². The quantitative estimate of drug-likeness (QED) is 0.326. The highest BCUT2D eigenvalue weighted by Gasteiger charge is 2.44. The Morgan fingerprint density at radius 2 is 1.57 bits per heavy atom. The highest BCUT2D eigenvalue weighted by Crippen LogP contribution is 2.45. The van der Waals surface area contributed by atoms with E-state index in [-0.39, 0.29) is 17.9 Å². The van der Waals surface area contributed by atoms with E-state index >= 15 is 0 Å². The number of hydrogen-bond acceptors (Lipinski definition) is 4. The molecular formula is C31H31ClN2O3. The molecule has 2 atom stereocenters. The van der Waals surface area contributed by atoms with Crippen LogP contribution in [0.2, 0.25) is 5.02 Å². The number of allylic oxidation sites excluding steroid dienone is 1. The third-order valence-electron chi connectivity index (χ3n) is 6.87. The van der Waals surface area contributed by atoms with Gasteiger partial charge in [-0.05, 0) is 104 Å². The Hall–Kier alpha value is -3.57. The fourth-order valence-corrected chi connectivity index (χ4v) is 5.31. The highest BCUT2D eigenvalue weighted by molar-refractivity contribution is 6.30. The van der Waals surface area contributed by atoms with E-state index in [1.54, 1.807) is 29.3 Å². The maximum Gasteiger partial charge on any atom is 0.274 e. The monoisotopic (exact) mass is 514 g/mol. The Morgan fingerprint density at radius 3 is 2.19 bits per heavy atom. The second kappa shape index (κ2) is 11.2. The van der Waals surface area contributed by atoms with Crippen molar-refractivity contribution in [1.82, 2.24) is 5.01 Å². The van der Waals surface area contributed by atoms with Crippen LogP contribution in [0.5, 0.6) is 11.5 Å². The van der Waals surface area contributed by atoms with Gasteiger partial charge in [0.25, 0.3) is 5.91 Å². The summed E-state index contributed by atoms with van der Waals surface area (Å²) in [6, 6.07) is 23.0. The largest absolute Gasteiger partial charge is 0.494 e. The minimum absolute atomic E-state index is 0.122. The zero-order valence-electron chi connectivity index (χ0n) is 21.2. The van der Waals surface area contributed by atoms with Crippen molar-refractivity contribution < 1.29 is 14.3 Å². The molecule has 1 amide bonds. The Morgan fingerprint density at radius 1 is 0.946 bits per heavy atom. The number of nitrogens with zero attached hydrogens (tertiary/aromatic N) is 2. The molecule has 1 aliphatic heterocycles. The molecule has 1 aliphatic carbocycles. The highest BCUT2D eigenvalue weighted by atomic mass is 35.5. The lowest BCUT2D eigenvalue weighted by Gasteiger charge is -2.29. The summed E-state index contributed by atoms with van der Waals surface area (Å²) in [4.78, 5) is 13.7. The lowest BCUT2D eigenvalue weighted by molar-refractivity contribution is 0.0681. The summed E-state index contributed by atoms with van der Waals surface area (Å²) in [5.41, 5.74) is 4.91. The number of fused-ring (bicyclic) bond motifs is 1. The van der Waals surface area contributed by atoms with Crippen molar-refractivity contribution in [3.05, 3.63) is 100 Å². The first-order chi connectivity index (χ1) is 18.1. The first kappa shape index (κ1) is 25.1. The van der Waals surface area contributed by atoms with Crippen molar-refractivity contribution in [2.45, 2.75) is 39.2 Å². The number of hydrogen-bond donors (Lipinski definition) is 0. The van der Waals surface area contributed by atoms with Gasteiger partial charge in [0.2, 0.25) is 0 Å². The van der Waals surface area contributed by atoms with E-state index in [1.807, 2.05) is 38.1 Å². The summed E-state index contributed by atoms with van der Waals surface area (Å²) >= 11 is 6.08. The Balaban J connectivity index is 1.52. The zero-order chi connectivity index (χ0) is 25.8. The molecule has 0 bridgehead atoms. The van der Waals surface area contributed by atoms with E-state index < -0.39 is 0 Å². The molecule has 0 unspecified atom stereocenters. The minimum atomic E-state index is -0.183. The molecular weight excluding hydrogens is 484 g/mol. The molecule has 0 aromatic heterocycles. The van der Waals surface area contributed by atoms with Gasteiger partial charge in [-0.3, -0.25) is 4.79 Å². The molecule has 0 saturated heterocycles. The van der Waals surface area contributed by atoms with E-state index in [1.165, 1.54) is 5.57 Å². The van der Waals surface area contributed by atoms with Crippen molar-refractivity contribution in [1.29, 1.82) is 0 Å². The number of carbonyl (C=O) groups excluding carboxylic acids is 1. The lowest BCUT2D eigenvalue weighted by atomic mass is 9.77. The molecule has 190 valence electrons. The Kier molecular flexibility index (Phi) is 7.61. The van der Waals surface area contributed by atoms with E-state index in [2.05, 4.69) is 30.3 Å². The summed E-state index contributed by atoms with van der Waals surface area (Å²) in [6.07, 6.45) is 5.15. The fraction of sp³-hybridized carbons (Fsp3) is 0.290. The molecule has 5 rings (SSSR count). The smallest absolute Gasteiger partial charge is 0.274 e. The van der Waals surface area contributed by atoms with Crippen LogP contribution in [0.4, 0.5) is 0 Å². The van der Waals surface area contributed by atoms with Gasteiger partial charge < -0.3 is 9.47 Å². The molecule has 37 heavy (non-hydrogen) atoms. The number of carbonyl (C=O) groups is 1. The van der Waals surface area contributed by atoms with Crippen LogP contribution >= 0.6 is 11.6 Å². The van der Waals surface area contributed by atoms with E-state index in [4.69, 9.17) is 26.2 Å². The van der Waals surface area contributed by atoms with Crippen molar-refractivity contribution in [3.63, 3.8) is 0 Å². The van der Waals surface area contributed by atoms with Gasteiger partial charge in [-0.2, -0.15) is 5.10 Å². The molecule has 0 N–H and O–H groups in total. The second-order valence-corrected chi connectivity index (χ2v) is 9.70. The summed E-state index contributed by atoms with van der Waals surface area (Å²) in [5, 5.41) is 7.27. The third kappa shape index (κ3) is 5.42. The summed E-state index contributed by atoms with van der Waals surface area (Å²) in [7, 11) is 0. The van der Waals surface area contributed by atoms with Gasteiger partial charge in [-0.1, -0.05) is 35.9 Å². The number of hydrazone groups is 1. The van der Waals surface area contributed by atoms with E-state index in [0.717, 1.165) is 47.6 Å². The Bertz CT molecular complexity index is 1300. The SMILES string of the molecule is CCOc1ccc(/C=C2\CCC[C@H]3C2=NN(C(=O)c2ccc(Cl)cc2)[C@H]3c2ccc(OCC)cc2)cc1. The molecule has 5 nitrogen and oxygen atoms in total. The predicted molar refractivity (Wildman–Crippen MR) is 148 cm³/mol. The van der Waals surface area contributed by atoms with Gasteiger partial charge in [0, 0.05) is 16.5 Å². The van der Waals surface area contributed by atoms with Crippen molar-refractivity contribution in [2.24, 2.45) is 11.0 Å². The average Bonchev–Trinajstić information content (AvgIpc) is 3.31. The standard InChI is InChI=1S/C31H31ClN2O3/c1-3-36-26-16-8-21(9-17-26)20-24-6-5-7-28-29(24)33-34(31(35)23-10-14-25(32)15-11-23)30(28)22-12-18-27(19-13-22)37-4-2/h8-20,28,30H,3-7H2,1-2H3/b24-20+/t28-,30-/m0/s1. The van der Waals surface area contributed by atoms with E-state index in [0.29, 0.717) is 23.8 Å². The van der Waals surface area contributed by atoms with Crippen molar-refractivity contribution in [2.75, 3.05) is 13.2 Å². The third-order valence-corrected chi connectivity index (χ3v) is 7.12. The molecule has 3 aromatic carbocycles. The predicted octanol–water partition coefficient (Wildman–Crippen LogP) is 7.57. The van der Waals surface area contributed by atoms with Crippen LogP contribution in [0.25, 0.3) is 6.08 Å². The summed E-state index contributed by atoms with van der Waals surface area (Å²) < 4.78 is 11.2. The maximum absolute atomic E-state index is 13.7. The van der Waals surface area contributed by atoms with Crippen molar-refractivity contribution >= 4 is 29.3 Å². The topological polar surface area (TPSA) is 51.1 Å². The molecule has 1 fully saturated rings. The average molecular weight is 515 g/mol. The molecule has 0 radical (unpaired) electrons. The van der Waals surface area contributed by atoms with E-state index in [9.17, 15) is 4.79 Å².